The van der Waals surface area contributed by atoms with Crippen molar-refractivity contribution in [2.24, 2.45) is 0 Å². The summed E-state index contributed by atoms with van der Waals surface area (Å²) < 4.78 is 0. The Morgan fingerprint density at radius 3 is 2.60 bits per heavy atom. The summed E-state index contributed by atoms with van der Waals surface area (Å²) in [5.41, 5.74) is 0. The summed E-state index contributed by atoms with van der Waals surface area (Å²) >= 11 is 3.07. The van der Waals surface area contributed by atoms with E-state index in [1.165, 1.54) is 11.8 Å². The molecule has 3 heteroatoms. The van der Waals surface area contributed by atoms with Crippen LogP contribution in [0.1, 0.15) is 20.3 Å². The van der Waals surface area contributed by atoms with E-state index >= 15 is 0 Å². The minimum Gasteiger partial charge on any atom is -0.286 e. The lowest BCUT2D eigenvalue weighted by Gasteiger charge is -2.06. The SMILES string of the molecule is CCC(C)SC(=O)CSc1ccccc1. The van der Waals surface area contributed by atoms with Crippen LogP contribution in [0.5, 0.6) is 0 Å². The van der Waals surface area contributed by atoms with Crippen LogP contribution >= 0.6 is 23.5 Å². The maximum absolute atomic E-state index is 11.5. The van der Waals surface area contributed by atoms with E-state index in [0.29, 0.717) is 11.0 Å². The molecule has 1 aromatic carbocycles. The third-order valence-electron chi connectivity index (χ3n) is 2.01. The molecule has 0 amide bonds. The van der Waals surface area contributed by atoms with Gasteiger partial charge in [0.05, 0.1) is 5.75 Å². The van der Waals surface area contributed by atoms with E-state index in [1.54, 1.807) is 11.8 Å². The minimum absolute atomic E-state index is 0.276. The van der Waals surface area contributed by atoms with Crippen LogP contribution in [0.2, 0.25) is 0 Å². The summed E-state index contributed by atoms with van der Waals surface area (Å²) in [7, 11) is 0. The van der Waals surface area contributed by atoms with Crippen molar-refractivity contribution < 1.29 is 4.79 Å². The molecule has 1 rings (SSSR count). The number of rotatable bonds is 5. The van der Waals surface area contributed by atoms with E-state index < -0.39 is 0 Å². The zero-order chi connectivity index (χ0) is 11.1. The zero-order valence-corrected chi connectivity index (χ0v) is 10.7. The van der Waals surface area contributed by atoms with Crippen LogP contribution in [0.3, 0.4) is 0 Å². The Balaban J connectivity index is 2.29. The zero-order valence-electron chi connectivity index (χ0n) is 9.10. The van der Waals surface area contributed by atoms with Crippen molar-refractivity contribution in [3.8, 4) is 0 Å². The van der Waals surface area contributed by atoms with Gasteiger partial charge in [-0.2, -0.15) is 0 Å². The number of hydrogen-bond acceptors (Lipinski definition) is 3. The van der Waals surface area contributed by atoms with E-state index in [9.17, 15) is 4.79 Å². The highest BCUT2D eigenvalue weighted by atomic mass is 32.2. The number of hydrogen-bond donors (Lipinski definition) is 0. The van der Waals surface area contributed by atoms with Crippen LogP contribution in [0.15, 0.2) is 35.2 Å². The normalized spacial score (nSPS) is 12.4. The van der Waals surface area contributed by atoms with Gasteiger partial charge in [-0.05, 0) is 18.6 Å². The number of carbonyl (C=O) groups excluding carboxylic acids is 1. The van der Waals surface area contributed by atoms with Crippen LogP contribution in [-0.4, -0.2) is 16.1 Å². The Morgan fingerprint density at radius 2 is 2.00 bits per heavy atom. The summed E-state index contributed by atoms with van der Waals surface area (Å²) in [6.45, 7) is 4.20. The van der Waals surface area contributed by atoms with Gasteiger partial charge in [0.2, 0.25) is 0 Å². The highest BCUT2D eigenvalue weighted by molar-refractivity contribution is 8.16. The molecule has 1 nitrogen and oxygen atoms in total. The molecule has 0 aromatic heterocycles. The molecule has 0 saturated heterocycles. The predicted molar refractivity (Wildman–Crippen MR) is 69.5 cm³/mol. The Labute approximate surface area is 100 Å². The van der Waals surface area contributed by atoms with Gasteiger partial charge >= 0.3 is 0 Å². The van der Waals surface area contributed by atoms with Gasteiger partial charge in [-0.15, -0.1) is 11.8 Å². The van der Waals surface area contributed by atoms with E-state index in [0.717, 1.165) is 11.3 Å². The van der Waals surface area contributed by atoms with Crippen molar-refractivity contribution in [2.45, 2.75) is 30.4 Å². The van der Waals surface area contributed by atoms with Crippen LogP contribution < -0.4 is 0 Å². The Kier molecular flexibility index (Phi) is 5.88. The standard InChI is InChI=1S/C12H16OS2/c1-3-10(2)15-12(13)9-14-11-7-5-4-6-8-11/h4-8,10H,3,9H2,1-2H3. The average molecular weight is 240 g/mol. The first-order valence-electron chi connectivity index (χ1n) is 5.09. The third kappa shape index (κ3) is 5.28. The molecule has 0 radical (unpaired) electrons. The maximum Gasteiger partial charge on any atom is 0.199 e. The van der Waals surface area contributed by atoms with Crippen LogP contribution in [0, 0.1) is 0 Å². The monoisotopic (exact) mass is 240 g/mol. The van der Waals surface area contributed by atoms with Crippen molar-refractivity contribution in [2.75, 3.05) is 5.75 Å². The second-order valence-electron chi connectivity index (χ2n) is 3.31. The smallest absolute Gasteiger partial charge is 0.199 e. The molecular weight excluding hydrogens is 224 g/mol. The number of benzene rings is 1. The lowest BCUT2D eigenvalue weighted by molar-refractivity contribution is -0.108. The van der Waals surface area contributed by atoms with Crippen molar-refractivity contribution >= 4 is 28.6 Å². The molecular formula is C12H16OS2. The van der Waals surface area contributed by atoms with Gasteiger partial charge in [0, 0.05) is 10.1 Å². The Hall–Kier alpha value is -0.410. The van der Waals surface area contributed by atoms with Gasteiger partial charge < -0.3 is 0 Å². The third-order valence-corrected chi connectivity index (χ3v) is 4.35. The predicted octanol–water partition coefficient (Wildman–Crippen LogP) is 3.84. The fourth-order valence-corrected chi connectivity index (χ4v) is 2.70. The van der Waals surface area contributed by atoms with Crippen molar-refractivity contribution in [3.05, 3.63) is 30.3 Å². The van der Waals surface area contributed by atoms with Crippen molar-refractivity contribution in [3.63, 3.8) is 0 Å². The molecule has 0 saturated carbocycles. The van der Waals surface area contributed by atoms with Crippen molar-refractivity contribution in [1.82, 2.24) is 0 Å². The highest BCUT2D eigenvalue weighted by Gasteiger charge is 2.08. The van der Waals surface area contributed by atoms with Gasteiger partial charge in [-0.1, -0.05) is 43.8 Å². The molecule has 0 aliphatic heterocycles. The second-order valence-corrected chi connectivity index (χ2v) is 5.85. The summed E-state index contributed by atoms with van der Waals surface area (Å²) in [6.07, 6.45) is 1.05. The van der Waals surface area contributed by atoms with Crippen LogP contribution in [0.25, 0.3) is 0 Å². The lowest BCUT2D eigenvalue weighted by Crippen LogP contribution is -2.02. The van der Waals surface area contributed by atoms with E-state index in [1.807, 2.05) is 30.3 Å². The first kappa shape index (κ1) is 12.7. The number of thioether (sulfide) groups is 2. The summed E-state index contributed by atoms with van der Waals surface area (Å²) in [5, 5.41) is 0.715. The molecule has 0 aliphatic carbocycles. The van der Waals surface area contributed by atoms with Gasteiger partial charge in [0.1, 0.15) is 0 Å². The van der Waals surface area contributed by atoms with Crippen LogP contribution in [0.4, 0.5) is 0 Å². The molecule has 0 N–H and O–H groups in total. The number of carbonyl (C=O) groups is 1. The average Bonchev–Trinajstić information content (AvgIpc) is 2.27. The first-order valence-corrected chi connectivity index (χ1v) is 6.96. The fourth-order valence-electron chi connectivity index (χ4n) is 1.00. The van der Waals surface area contributed by atoms with E-state index in [2.05, 4.69) is 13.8 Å². The summed E-state index contributed by atoms with van der Waals surface area (Å²) in [4.78, 5) is 12.7. The largest absolute Gasteiger partial charge is 0.286 e. The van der Waals surface area contributed by atoms with E-state index in [4.69, 9.17) is 0 Å². The molecule has 15 heavy (non-hydrogen) atoms. The maximum atomic E-state index is 11.5. The van der Waals surface area contributed by atoms with E-state index in [-0.39, 0.29) is 5.12 Å². The quantitative estimate of drug-likeness (QED) is 0.728. The molecule has 1 atom stereocenters. The highest BCUT2D eigenvalue weighted by Crippen LogP contribution is 2.22. The first-order chi connectivity index (χ1) is 7.22. The molecule has 0 heterocycles. The fraction of sp³-hybridized carbons (Fsp3) is 0.417. The molecule has 1 aromatic rings. The molecule has 82 valence electrons. The molecule has 1 unspecified atom stereocenters. The van der Waals surface area contributed by atoms with Crippen molar-refractivity contribution in [1.29, 1.82) is 0 Å². The Bertz CT molecular complexity index is 298. The summed E-state index contributed by atoms with van der Waals surface area (Å²) in [5.74, 6) is 0.568. The molecule has 0 aliphatic rings. The van der Waals surface area contributed by atoms with Gasteiger partial charge in [0.15, 0.2) is 5.12 Å². The topological polar surface area (TPSA) is 17.1 Å². The van der Waals surface area contributed by atoms with Gasteiger partial charge in [-0.3, -0.25) is 4.79 Å². The summed E-state index contributed by atoms with van der Waals surface area (Å²) in [6, 6.07) is 10.0. The molecule has 0 fully saturated rings. The van der Waals surface area contributed by atoms with Crippen LogP contribution in [-0.2, 0) is 4.79 Å². The molecule has 0 bridgehead atoms. The van der Waals surface area contributed by atoms with Gasteiger partial charge in [-0.25, -0.2) is 0 Å². The van der Waals surface area contributed by atoms with Gasteiger partial charge in [0.25, 0.3) is 0 Å². The lowest BCUT2D eigenvalue weighted by atomic mass is 10.4. The second kappa shape index (κ2) is 6.96. The molecule has 0 spiro atoms. The Morgan fingerprint density at radius 1 is 1.33 bits per heavy atom. The minimum atomic E-state index is 0.276.